The van der Waals surface area contributed by atoms with Crippen LogP contribution in [-0.4, -0.2) is 26.6 Å². The summed E-state index contributed by atoms with van der Waals surface area (Å²) in [5, 5.41) is 0.470. The van der Waals surface area contributed by atoms with Gasteiger partial charge in [-0.1, -0.05) is 15.9 Å². The van der Waals surface area contributed by atoms with E-state index >= 15 is 0 Å². The maximum absolute atomic E-state index is 12.8. The van der Waals surface area contributed by atoms with Crippen molar-refractivity contribution >= 4 is 31.6 Å². The topological polar surface area (TPSA) is 55.4 Å². The van der Waals surface area contributed by atoms with E-state index in [0.29, 0.717) is 5.33 Å². The van der Waals surface area contributed by atoms with Gasteiger partial charge in [0, 0.05) is 5.33 Å². The smallest absolute Gasteiger partial charge is 0.418 e. The van der Waals surface area contributed by atoms with Crippen LogP contribution in [0.2, 0.25) is 0 Å². The number of nitrogens with one attached hydrogen (secondary N) is 1. The van der Waals surface area contributed by atoms with Crippen LogP contribution in [0.3, 0.4) is 0 Å². The van der Waals surface area contributed by atoms with E-state index in [1.807, 2.05) is 4.72 Å². The van der Waals surface area contributed by atoms with E-state index in [4.69, 9.17) is 4.74 Å². The van der Waals surface area contributed by atoms with Crippen LogP contribution in [0.1, 0.15) is 5.56 Å². The van der Waals surface area contributed by atoms with E-state index in [0.717, 1.165) is 18.4 Å². The second kappa shape index (κ2) is 6.00. The highest BCUT2D eigenvalue weighted by Gasteiger charge is 2.34. The summed E-state index contributed by atoms with van der Waals surface area (Å²) >= 11 is 3.08. The summed E-state index contributed by atoms with van der Waals surface area (Å²) in [7, 11) is -3.79. The molecule has 1 N–H and O–H groups in total. The lowest BCUT2D eigenvalue weighted by Crippen LogP contribution is -2.15. The SMILES string of the molecule is CS(=O)(=O)Nc1ccc(OCCBr)cc1C(F)(F)F. The highest BCUT2D eigenvalue weighted by Crippen LogP contribution is 2.37. The molecular formula is C10H11BrF3NO3S. The number of hydrogen-bond acceptors (Lipinski definition) is 3. The molecule has 0 heterocycles. The molecule has 0 spiro atoms. The molecule has 0 radical (unpaired) electrons. The van der Waals surface area contributed by atoms with Gasteiger partial charge < -0.3 is 4.74 Å². The molecular weight excluding hydrogens is 351 g/mol. The molecule has 4 nitrogen and oxygen atoms in total. The first-order valence-corrected chi connectivity index (χ1v) is 8.02. The van der Waals surface area contributed by atoms with Crippen LogP contribution in [0.4, 0.5) is 18.9 Å². The summed E-state index contributed by atoms with van der Waals surface area (Å²) < 4.78 is 67.4. The molecule has 1 aromatic carbocycles. The van der Waals surface area contributed by atoms with E-state index in [2.05, 4.69) is 15.9 Å². The van der Waals surface area contributed by atoms with E-state index in [1.165, 1.54) is 6.07 Å². The maximum atomic E-state index is 12.8. The molecule has 0 fully saturated rings. The second-order valence-corrected chi connectivity index (χ2v) is 6.16. The normalized spacial score (nSPS) is 12.3. The van der Waals surface area contributed by atoms with Gasteiger partial charge in [-0.15, -0.1) is 0 Å². The van der Waals surface area contributed by atoms with E-state index in [9.17, 15) is 21.6 Å². The third-order valence-electron chi connectivity index (χ3n) is 1.94. The van der Waals surface area contributed by atoms with Crippen molar-refractivity contribution in [1.82, 2.24) is 0 Å². The Kier molecular flexibility index (Phi) is 5.08. The largest absolute Gasteiger partial charge is 0.493 e. The zero-order chi connectivity index (χ0) is 14.7. The Balaban J connectivity index is 3.17. The molecule has 19 heavy (non-hydrogen) atoms. The van der Waals surface area contributed by atoms with Crippen LogP contribution in [0.15, 0.2) is 18.2 Å². The van der Waals surface area contributed by atoms with Crippen molar-refractivity contribution in [2.75, 3.05) is 22.9 Å². The number of anilines is 1. The van der Waals surface area contributed by atoms with Gasteiger partial charge in [-0.2, -0.15) is 13.2 Å². The van der Waals surface area contributed by atoms with Gasteiger partial charge in [-0.3, -0.25) is 4.72 Å². The third-order valence-corrected chi connectivity index (χ3v) is 2.85. The highest BCUT2D eigenvalue weighted by molar-refractivity contribution is 9.09. The van der Waals surface area contributed by atoms with Crippen molar-refractivity contribution in [3.05, 3.63) is 23.8 Å². The standard InChI is InChI=1S/C10H11BrF3NO3S/c1-19(16,17)15-9-3-2-7(18-5-4-11)6-8(9)10(12,13)14/h2-3,6,15H,4-5H2,1H3. The van der Waals surface area contributed by atoms with Crippen LogP contribution in [0.25, 0.3) is 0 Å². The molecule has 0 saturated carbocycles. The summed E-state index contributed by atoms with van der Waals surface area (Å²) in [6, 6.07) is 3.05. The third kappa shape index (κ3) is 5.27. The van der Waals surface area contributed by atoms with Gasteiger partial charge in [0.05, 0.1) is 24.1 Å². The van der Waals surface area contributed by atoms with E-state index in [-0.39, 0.29) is 12.4 Å². The first-order valence-electron chi connectivity index (χ1n) is 5.01. The number of sulfonamides is 1. The van der Waals surface area contributed by atoms with Crippen molar-refractivity contribution in [2.45, 2.75) is 6.18 Å². The van der Waals surface area contributed by atoms with Crippen LogP contribution < -0.4 is 9.46 Å². The van der Waals surface area contributed by atoms with Crippen molar-refractivity contribution < 1.29 is 26.3 Å². The van der Waals surface area contributed by atoms with E-state index < -0.39 is 27.5 Å². The minimum absolute atomic E-state index is 0.0193. The van der Waals surface area contributed by atoms with Crippen molar-refractivity contribution in [3.63, 3.8) is 0 Å². The fraction of sp³-hybridized carbons (Fsp3) is 0.400. The van der Waals surface area contributed by atoms with Crippen molar-refractivity contribution in [1.29, 1.82) is 0 Å². The van der Waals surface area contributed by atoms with Gasteiger partial charge in [0.25, 0.3) is 0 Å². The summed E-state index contributed by atoms with van der Waals surface area (Å²) in [4.78, 5) is 0. The Hall–Kier alpha value is -0.960. The number of ether oxygens (including phenoxy) is 1. The fourth-order valence-electron chi connectivity index (χ4n) is 1.29. The number of hydrogen-bond donors (Lipinski definition) is 1. The Morgan fingerprint density at radius 1 is 1.37 bits per heavy atom. The minimum atomic E-state index is -4.68. The van der Waals surface area contributed by atoms with Gasteiger partial charge >= 0.3 is 6.18 Å². The molecule has 9 heteroatoms. The summed E-state index contributed by atoms with van der Waals surface area (Å²) in [6.45, 7) is 0.205. The number of benzene rings is 1. The predicted molar refractivity (Wildman–Crippen MR) is 69.2 cm³/mol. The molecule has 0 aliphatic carbocycles. The summed E-state index contributed by atoms with van der Waals surface area (Å²) in [5.74, 6) is 0.0193. The molecule has 0 aliphatic rings. The number of alkyl halides is 4. The Morgan fingerprint density at radius 2 is 2.00 bits per heavy atom. The molecule has 0 bridgehead atoms. The Morgan fingerprint density at radius 3 is 2.47 bits per heavy atom. The van der Waals surface area contributed by atoms with Crippen LogP contribution in [-0.2, 0) is 16.2 Å². The molecule has 0 aromatic heterocycles. The second-order valence-electron chi connectivity index (χ2n) is 3.62. The van der Waals surface area contributed by atoms with Gasteiger partial charge in [-0.25, -0.2) is 8.42 Å². The minimum Gasteiger partial charge on any atom is -0.493 e. The number of rotatable bonds is 5. The Bertz CT molecular complexity index is 545. The first-order chi connectivity index (χ1) is 8.63. The first kappa shape index (κ1) is 16.1. The van der Waals surface area contributed by atoms with Crippen LogP contribution >= 0.6 is 15.9 Å². The molecule has 1 rings (SSSR count). The quantitative estimate of drug-likeness (QED) is 0.820. The fourth-order valence-corrected chi connectivity index (χ4v) is 2.03. The monoisotopic (exact) mass is 361 g/mol. The van der Waals surface area contributed by atoms with Crippen molar-refractivity contribution in [2.24, 2.45) is 0 Å². The van der Waals surface area contributed by atoms with Gasteiger partial charge in [0.2, 0.25) is 10.0 Å². The van der Waals surface area contributed by atoms with Crippen LogP contribution in [0.5, 0.6) is 5.75 Å². The average Bonchev–Trinajstić information content (AvgIpc) is 2.24. The predicted octanol–water partition coefficient (Wildman–Crippen LogP) is 2.85. The molecule has 1 aromatic rings. The Labute approximate surface area is 117 Å². The molecule has 108 valence electrons. The molecule has 0 atom stereocenters. The zero-order valence-electron chi connectivity index (χ0n) is 9.79. The van der Waals surface area contributed by atoms with Gasteiger partial charge in [0.15, 0.2) is 0 Å². The van der Waals surface area contributed by atoms with Crippen LogP contribution in [0, 0.1) is 0 Å². The summed E-state index contributed by atoms with van der Waals surface area (Å²) in [5.41, 5.74) is -1.62. The zero-order valence-corrected chi connectivity index (χ0v) is 12.2. The summed E-state index contributed by atoms with van der Waals surface area (Å²) in [6.07, 6.45) is -3.90. The highest BCUT2D eigenvalue weighted by atomic mass is 79.9. The lowest BCUT2D eigenvalue weighted by Gasteiger charge is -2.15. The van der Waals surface area contributed by atoms with Gasteiger partial charge in [-0.05, 0) is 18.2 Å². The average molecular weight is 362 g/mol. The lowest BCUT2D eigenvalue weighted by molar-refractivity contribution is -0.137. The lowest BCUT2D eigenvalue weighted by atomic mass is 10.1. The molecule has 0 unspecified atom stereocenters. The molecule has 0 aliphatic heterocycles. The van der Waals surface area contributed by atoms with Crippen molar-refractivity contribution in [3.8, 4) is 5.75 Å². The number of halogens is 4. The van der Waals surface area contributed by atoms with Gasteiger partial charge in [0.1, 0.15) is 5.75 Å². The molecule has 0 amide bonds. The van der Waals surface area contributed by atoms with E-state index in [1.54, 1.807) is 0 Å². The maximum Gasteiger partial charge on any atom is 0.418 e. The molecule has 0 saturated heterocycles.